The summed E-state index contributed by atoms with van der Waals surface area (Å²) in [6, 6.07) is 19.1. The molecule has 0 unspecified atom stereocenters. The average Bonchev–Trinajstić information content (AvgIpc) is 2.66. The van der Waals surface area contributed by atoms with Crippen LogP contribution in [0.1, 0.15) is 43.6 Å². The van der Waals surface area contributed by atoms with Gasteiger partial charge in [-0.3, -0.25) is 0 Å². The van der Waals surface area contributed by atoms with Crippen LogP contribution in [-0.2, 0) is 0 Å². The lowest BCUT2D eigenvalue weighted by Gasteiger charge is -2.37. The van der Waals surface area contributed by atoms with Crippen molar-refractivity contribution in [3.8, 4) is 16.9 Å². The SMILES string of the molecule is CC1=CC(C)(C)Nc2ccc3c(c21)[C@H](c1ccc(F)cc1)Oc1ccccc1-3. The Morgan fingerprint density at radius 2 is 1.68 bits per heavy atom. The number of halogens is 1. The van der Waals surface area contributed by atoms with Crippen LogP contribution >= 0.6 is 0 Å². The molecule has 2 nitrogen and oxygen atoms in total. The quantitative estimate of drug-likeness (QED) is 0.521. The Labute approximate surface area is 164 Å². The average molecular weight is 371 g/mol. The molecule has 1 atom stereocenters. The second kappa shape index (κ2) is 5.96. The smallest absolute Gasteiger partial charge is 0.150 e. The molecule has 2 heterocycles. The molecule has 0 fully saturated rings. The Morgan fingerprint density at radius 3 is 2.46 bits per heavy atom. The highest BCUT2D eigenvalue weighted by atomic mass is 19.1. The number of rotatable bonds is 1. The van der Waals surface area contributed by atoms with Crippen molar-refractivity contribution >= 4 is 11.3 Å². The molecule has 0 saturated heterocycles. The third kappa shape index (κ3) is 2.62. The molecule has 0 aliphatic carbocycles. The predicted octanol–water partition coefficient (Wildman–Crippen LogP) is 6.58. The molecule has 5 rings (SSSR count). The van der Waals surface area contributed by atoms with E-state index in [-0.39, 0.29) is 17.5 Å². The number of allylic oxidation sites excluding steroid dienone is 1. The van der Waals surface area contributed by atoms with E-state index >= 15 is 0 Å². The van der Waals surface area contributed by atoms with Gasteiger partial charge in [-0.05, 0) is 61.7 Å². The maximum atomic E-state index is 13.5. The van der Waals surface area contributed by atoms with E-state index < -0.39 is 0 Å². The van der Waals surface area contributed by atoms with Crippen LogP contribution in [0.3, 0.4) is 0 Å². The monoisotopic (exact) mass is 371 g/mol. The van der Waals surface area contributed by atoms with Gasteiger partial charge in [-0.25, -0.2) is 4.39 Å². The van der Waals surface area contributed by atoms with Crippen molar-refractivity contribution in [3.63, 3.8) is 0 Å². The van der Waals surface area contributed by atoms with E-state index in [1.54, 1.807) is 0 Å². The van der Waals surface area contributed by atoms with Crippen molar-refractivity contribution in [2.24, 2.45) is 0 Å². The molecule has 0 spiro atoms. The normalized spacial score (nSPS) is 18.7. The zero-order valence-corrected chi connectivity index (χ0v) is 16.2. The van der Waals surface area contributed by atoms with Crippen LogP contribution in [-0.4, -0.2) is 5.54 Å². The summed E-state index contributed by atoms with van der Waals surface area (Å²) in [4.78, 5) is 0. The number of hydrogen-bond donors (Lipinski definition) is 1. The predicted molar refractivity (Wildman–Crippen MR) is 112 cm³/mol. The van der Waals surface area contributed by atoms with Crippen LogP contribution < -0.4 is 10.1 Å². The van der Waals surface area contributed by atoms with E-state index in [0.717, 1.165) is 28.1 Å². The van der Waals surface area contributed by atoms with Gasteiger partial charge in [0.1, 0.15) is 11.6 Å². The second-order valence-corrected chi connectivity index (χ2v) is 8.17. The summed E-state index contributed by atoms with van der Waals surface area (Å²) in [7, 11) is 0. The number of hydrogen-bond acceptors (Lipinski definition) is 2. The lowest BCUT2D eigenvalue weighted by atomic mass is 9.80. The number of para-hydroxylation sites is 1. The molecule has 3 heteroatoms. The summed E-state index contributed by atoms with van der Waals surface area (Å²) in [6.45, 7) is 6.49. The summed E-state index contributed by atoms with van der Waals surface area (Å²) in [5.41, 5.74) is 7.76. The van der Waals surface area contributed by atoms with Crippen molar-refractivity contribution in [2.75, 3.05) is 5.32 Å². The van der Waals surface area contributed by atoms with E-state index in [0.29, 0.717) is 0 Å². The van der Waals surface area contributed by atoms with Gasteiger partial charge < -0.3 is 10.1 Å². The van der Waals surface area contributed by atoms with Crippen LogP contribution in [0.15, 0.2) is 66.7 Å². The van der Waals surface area contributed by atoms with Crippen molar-refractivity contribution in [1.29, 1.82) is 0 Å². The maximum absolute atomic E-state index is 13.5. The maximum Gasteiger partial charge on any atom is 0.150 e. The fourth-order valence-electron chi connectivity index (χ4n) is 4.50. The molecular weight excluding hydrogens is 349 g/mol. The highest BCUT2D eigenvalue weighted by Crippen LogP contribution is 2.50. The molecule has 0 bridgehead atoms. The summed E-state index contributed by atoms with van der Waals surface area (Å²) in [6.07, 6.45) is 1.98. The standard InChI is InChI=1S/C25H22FNO/c1-15-14-25(2,3)27-20-13-12-19-18-6-4-5-7-21(18)28-24(23(19)22(15)20)16-8-10-17(26)11-9-16/h4-14,24,27H,1-3H3/t24-/m0/s1. The molecule has 3 aromatic rings. The third-order valence-electron chi connectivity index (χ3n) is 5.53. The first-order valence-electron chi connectivity index (χ1n) is 9.59. The van der Waals surface area contributed by atoms with Crippen LogP contribution in [0.2, 0.25) is 0 Å². The van der Waals surface area contributed by atoms with Gasteiger partial charge in [0, 0.05) is 22.4 Å². The van der Waals surface area contributed by atoms with Crippen molar-refractivity contribution in [1.82, 2.24) is 0 Å². The Morgan fingerprint density at radius 1 is 0.929 bits per heavy atom. The Kier molecular flexibility index (Phi) is 3.63. The summed E-state index contributed by atoms with van der Waals surface area (Å²) < 4.78 is 20.0. The molecule has 0 radical (unpaired) electrons. The minimum atomic E-state index is -0.285. The van der Waals surface area contributed by atoms with Crippen LogP contribution in [0.25, 0.3) is 16.7 Å². The molecule has 28 heavy (non-hydrogen) atoms. The zero-order chi connectivity index (χ0) is 19.5. The van der Waals surface area contributed by atoms with Crippen LogP contribution in [0.4, 0.5) is 10.1 Å². The minimum absolute atomic E-state index is 0.107. The fourth-order valence-corrected chi connectivity index (χ4v) is 4.50. The van der Waals surface area contributed by atoms with Gasteiger partial charge in [0.05, 0.1) is 5.54 Å². The minimum Gasteiger partial charge on any atom is -0.480 e. The van der Waals surface area contributed by atoms with Crippen molar-refractivity contribution in [2.45, 2.75) is 32.4 Å². The first-order valence-corrected chi connectivity index (χ1v) is 9.59. The van der Waals surface area contributed by atoms with Gasteiger partial charge in [0.25, 0.3) is 0 Å². The summed E-state index contributed by atoms with van der Waals surface area (Å²) in [5, 5.41) is 3.63. The van der Waals surface area contributed by atoms with Gasteiger partial charge >= 0.3 is 0 Å². The third-order valence-corrected chi connectivity index (χ3v) is 5.53. The van der Waals surface area contributed by atoms with Crippen LogP contribution in [0.5, 0.6) is 5.75 Å². The van der Waals surface area contributed by atoms with Gasteiger partial charge in [-0.15, -0.1) is 0 Å². The van der Waals surface area contributed by atoms with Gasteiger partial charge in [0.15, 0.2) is 6.10 Å². The van der Waals surface area contributed by atoms with Crippen molar-refractivity contribution < 1.29 is 9.13 Å². The molecular formula is C25H22FNO. The van der Waals surface area contributed by atoms with E-state index in [1.165, 1.54) is 28.8 Å². The molecule has 140 valence electrons. The number of benzene rings is 3. The lowest BCUT2D eigenvalue weighted by Crippen LogP contribution is -2.32. The van der Waals surface area contributed by atoms with E-state index in [1.807, 2.05) is 30.3 Å². The van der Waals surface area contributed by atoms with E-state index in [9.17, 15) is 4.39 Å². The number of nitrogens with one attached hydrogen (secondary N) is 1. The largest absolute Gasteiger partial charge is 0.480 e. The molecule has 2 aliphatic heterocycles. The highest BCUT2D eigenvalue weighted by Gasteiger charge is 2.34. The first-order chi connectivity index (χ1) is 13.4. The molecule has 2 aliphatic rings. The van der Waals surface area contributed by atoms with E-state index in [4.69, 9.17) is 4.74 Å². The fraction of sp³-hybridized carbons (Fsp3) is 0.200. The Hall–Kier alpha value is -3.07. The second-order valence-electron chi connectivity index (χ2n) is 8.17. The van der Waals surface area contributed by atoms with Crippen LogP contribution in [0, 0.1) is 5.82 Å². The molecule has 0 aromatic heterocycles. The summed E-state index contributed by atoms with van der Waals surface area (Å²) >= 11 is 0. The topological polar surface area (TPSA) is 21.3 Å². The summed E-state index contributed by atoms with van der Waals surface area (Å²) in [5.74, 6) is 0.616. The van der Waals surface area contributed by atoms with Gasteiger partial charge in [-0.1, -0.05) is 42.5 Å². The van der Waals surface area contributed by atoms with Gasteiger partial charge in [0.2, 0.25) is 0 Å². The Bertz CT molecular complexity index is 1110. The first kappa shape index (κ1) is 17.1. The van der Waals surface area contributed by atoms with Crippen molar-refractivity contribution in [3.05, 3.63) is 89.2 Å². The zero-order valence-electron chi connectivity index (χ0n) is 16.2. The molecule has 1 N–H and O–H groups in total. The molecule has 0 saturated carbocycles. The number of fused-ring (bicyclic) bond motifs is 5. The number of anilines is 1. The molecule has 3 aromatic carbocycles. The lowest BCUT2D eigenvalue weighted by molar-refractivity contribution is 0.243. The highest BCUT2D eigenvalue weighted by molar-refractivity contribution is 5.90. The Balaban J connectivity index is 1.80. The molecule has 0 amide bonds. The van der Waals surface area contributed by atoms with E-state index in [2.05, 4.69) is 50.4 Å². The number of ether oxygens (including phenoxy) is 1. The van der Waals surface area contributed by atoms with Gasteiger partial charge in [-0.2, -0.15) is 0 Å².